The second kappa shape index (κ2) is 10.3. The van der Waals surface area contributed by atoms with Crippen molar-refractivity contribution in [2.24, 2.45) is 0 Å². The van der Waals surface area contributed by atoms with Crippen molar-refractivity contribution in [1.82, 2.24) is 4.90 Å². The summed E-state index contributed by atoms with van der Waals surface area (Å²) in [5, 5.41) is 30.6. The largest absolute Gasteiger partial charge is 0.490 e. The Kier molecular flexibility index (Phi) is 7.25. The number of piperidine rings is 1. The van der Waals surface area contributed by atoms with Crippen molar-refractivity contribution in [3.63, 3.8) is 0 Å². The number of benzene rings is 2. The third-order valence-corrected chi connectivity index (χ3v) is 7.99. The minimum Gasteiger partial charge on any atom is -0.490 e. The molecule has 0 amide bonds. The number of aliphatic hydroxyl groups is 2. The molecule has 1 spiro atoms. The maximum atomic E-state index is 11.5. The van der Waals surface area contributed by atoms with Crippen molar-refractivity contribution >= 4 is 34.9 Å². The average Bonchev–Trinajstić information content (AvgIpc) is 3.38. The van der Waals surface area contributed by atoms with E-state index >= 15 is 0 Å². The second-order valence-corrected chi connectivity index (χ2v) is 10.7. The van der Waals surface area contributed by atoms with Crippen LogP contribution in [0.2, 0.25) is 10.0 Å². The Morgan fingerprint density at radius 2 is 1.94 bits per heavy atom. The first-order valence-corrected chi connectivity index (χ1v) is 12.9. The van der Waals surface area contributed by atoms with E-state index in [-0.39, 0.29) is 31.3 Å². The Hall–Kier alpha value is -2.23. The molecule has 8 nitrogen and oxygen atoms in total. The summed E-state index contributed by atoms with van der Waals surface area (Å²) in [7, 11) is 0. The molecule has 3 aliphatic heterocycles. The summed E-state index contributed by atoms with van der Waals surface area (Å²) >= 11 is 12.5. The maximum Gasteiger partial charge on any atom is 0.307 e. The number of fused-ring (bicyclic) bond motifs is 1. The van der Waals surface area contributed by atoms with Gasteiger partial charge in [-0.1, -0.05) is 23.2 Å². The fourth-order valence-corrected chi connectivity index (χ4v) is 6.15. The van der Waals surface area contributed by atoms with E-state index in [1.807, 2.05) is 23.1 Å². The molecule has 2 saturated heterocycles. The van der Waals surface area contributed by atoms with Crippen LogP contribution in [0.5, 0.6) is 11.5 Å². The fourth-order valence-electron chi connectivity index (χ4n) is 5.72. The third-order valence-electron chi connectivity index (χ3n) is 7.46. The molecule has 1 unspecified atom stereocenters. The lowest BCUT2D eigenvalue weighted by Crippen LogP contribution is -2.53. The van der Waals surface area contributed by atoms with E-state index in [9.17, 15) is 15.0 Å². The lowest BCUT2D eigenvalue weighted by molar-refractivity contribution is -0.136. The van der Waals surface area contributed by atoms with Gasteiger partial charge in [0.2, 0.25) is 0 Å². The molecule has 5 rings (SSSR count). The lowest BCUT2D eigenvalue weighted by atomic mass is 9.86. The van der Waals surface area contributed by atoms with Gasteiger partial charge in [0.15, 0.2) is 0 Å². The van der Waals surface area contributed by atoms with E-state index in [2.05, 4.69) is 4.90 Å². The summed E-state index contributed by atoms with van der Waals surface area (Å²) in [6, 6.07) is 9.01. The van der Waals surface area contributed by atoms with Gasteiger partial charge in [-0.2, -0.15) is 0 Å². The molecule has 0 bridgehead atoms. The highest BCUT2D eigenvalue weighted by Gasteiger charge is 2.45. The van der Waals surface area contributed by atoms with Gasteiger partial charge in [0.05, 0.1) is 30.2 Å². The SMILES string of the molecule is O=C(O)Cc1cc(Cl)c(OCCO)cc1N1CC(N2CCC3(CC2)Cc2cc(Cl)ccc2O3)[C@H](O)C1. The number of ether oxygens (including phenoxy) is 2. The van der Waals surface area contributed by atoms with Crippen LogP contribution in [0, 0.1) is 0 Å². The number of aliphatic hydroxyl groups excluding tert-OH is 2. The zero-order valence-electron chi connectivity index (χ0n) is 19.8. The number of rotatable bonds is 7. The molecule has 2 atom stereocenters. The molecule has 194 valence electrons. The number of halogens is 2. The monoisotopic (exact) mass is 536 g/mol. The Labute approximate surface area is 219 Å². The molecule has 0 aliphatic carbocycles. The predicted octanol–water partition coefficient (Wildman–Crippen LogP) is 3.01. The summed E-state index contributed by atoms with van der Waals surface area (Å²) in [5.41, 5.74) is 2.16. The zero-order valence-corrected chi connectivity index (χ0v) is 21.3. The number of carboxylic acid groups (broad SMARTS) is 1. The van der Waals surface area contributed by atoms with Gasteiger partial charge < -0.3 is 29.7 Å². The van der Waals surface area contributed by atoms with Crippen molar-refractivity contribution in [3.05, 3.63) is 51.5 Å². The van der Waals surface area contributed by atoms with E-state index in [1.165, 1.54) is 0 Å². The van der Waals surface area contributed by atoms with Crippen molar-refractivity contribution in [3.8, 4) is 11.5 Å². The first kappa shape index (κ1) is 25.4. The van der Waals surface area contributed by atoms with E-state index in [1.54, 1.807) is 12.1 Å². The first-order valence-electron chi connectivity index (χ1n) is 12.2. The quantitative estimate of drug-likeness (QED) is 0.496. The van der Waals surface area contributed by atoms with Crippen molar-refractivity contribution < 1.29 is 29.6 Å². The number of likely N-dealkylation sites (tertiary alicyclic amines) is 1. The van der Waals surface area contributed by atoms with Crippen molar-refractivity contribution in [2.45, 2.75) is 43.4 Å². The fraction of sp³-hybridized carbons (Fsp3) is 0.500. The molecule has 2 fully saturated rings. The molecule has 36 heavy (non-hydrogen) atoms. The molecule has 0 saturated carbocycles. The Morgan fingerprint density at radius 3 is 2.67 bits per heavy atom. The van der Waals surface area contributed by atoms with E-state index in [0.29, 0.717) is 35.1 Å². The standard InChI is InChI=1S/C26H30Cl2N2O6/c27-18-1-2-23-17(9-18)13-26(36-23)3-5-29(6-4-26)21-14-30(15-22(21)32)20-12-24(35-8-7-31)19(28)10-16(20)11-25(33)34/h1-2,9-10,12,21-22,31-32H,3-8,11,13-15H2,(H,33,34)/t21?,22-/m1/s1. The number of hydrogen-bond acceptors (Lipinski definition) is 7. The lowest BCUT2D eigenvalue weighted by Gasteiger charge is -2.41. The van der Waals surface area contributed by atoms with Crippen LogP contribution >= 0.6 is 23.2 Å². The van der Waals surface area contributed by atoms with Gasteiger partial charge in [-0.3, -0.25) is 9.69 Å². The number of aliphatic carboxylic acids is 1. The molecule has 3 aliphatic rings. The Morgan fingerprint density at radius 1 is 1.17 bits per heavy atom. The van der Waals surface area contributed by atoms with Crippen LogP contribution in [-0.2, 0) is 17.6 Å². The highest BCUT2D eigenvalue weighted by Crippen LogP contribution is 2.43. The van der Waals surface area contributed by atoms with Crippen LogP contribution in [0.1, 0.15) is 24.0 Å². The molecular weight excluding hydrogens is 507 g/mol. The van der Waals surface area contributed by atoms with E-state index in [4.69, 9.17) is 37.8 Å². The molecule has 0 aromatic heterocycles. The number of β-amino-alcohol motifs (C(OH)–C–C–N with tert-alkyl or cyclic N) is 1. The van der Waals surface area contributed by atoms with Gasteiger partial charge in [0.1, 0.15) is 23.7 Å². The van der Waals surface area contributed by atoms with Gasteiger partial charge in [0.25, 0.3) is 0 Å². The minimum atomic E-state index is -0.965. The average molecular weight is 537 g/mol. The molecule has 3 heterocycles. The summed E-state index contributed by atoms with van der Waals surface area (Å²) in [6.45, 7) is 2.44. The molecule has 2 aromatic carbocycles. The van der Waals surface area contributed by atoms with Crippen molar-refractivity contribution in [1.29, 1.82) is 0 Å². The van der Waals surface area contributed by atoms with Crippen LogP contribution in [-0.4, -0.2) is 83.3 Å². The Bertz CT molecular complexity index is 1140. The number of carboxylic acids is 1. The van der Waals surface area contributed by atoms with Crippen LogP contribution in [0.4, 0.5) is 5.69 Å². The third kappa shape index (κ3) is 5.10. The highest BCUT2D eigenvalue weighted by atomic mass is 35.5. The topological polar surface area (TPSA) is 103 Å². The van der Waals surface area contributed by atoms with Gasteiger partial charge >= 0.3 is 5.97 Å². The normalized spacial score (nSPS) is 23.1. The van der Waals surface area contributed by atoms with Gasteiger partial charge in [-0.15, -0.1) is 0 Å². The smallest absolute Gasteiger partial charge is 0.307 e. The zero-order chi connectivity index (χ0) is 25.4. The van der Waals surface area contributed by atoms with E-state index in [0.717, 1.165) is 48.7 Å². The number of nitrogens with zero attached hydrogens (tertiary/aromatic N) is 2. The van der Waals surface area contributed by atoms with E-state index < -0.39 is 12.1 Å². The van der Waals surface area contributed by atoms with Gasteiger partial charge in [-0.25, -0.2) is 0 Å². The predicted molar refractivity (Wildman–Crippen MR) is 137 cm³/mol. The molecule has 2 aromatic rings. The Balaban J connectivity index is 1.29. The molecule has 10 heteroatoms. The summed E-state index contributed by atoms with van der Waals surface area (Å²) in [6.07, 6.45) is 1.77. The number of hydrogen-bond donors (Lipinski definition) is 3. The van der Waals surface area contributed by atoms with Crippen LogP contribution < -0.4 is 14.4 Å². The summed E-state index contributed by atoms with van der Waals surface area (Å²) in [4.78, 5) is 15.8. The second-order valence-electron chi connectivity index (χ2n) is 9.84. The maximum absolute atomic E-state index is 11.5. The summed E-state index contributed by atoms with van der Waals surface area (Å²) in [5.74, 6) is 0.325. The van der Waals surface area contributed by atoms with Crippen LogP contribution in [0.15, 0.2) is 30.3 Å². The van der Waals surface area contributed by atoms with Crippen LogP contribution in [0.3, 0.4) is 0 Å². The molecule has 3 N–H and O–H groups in total. The number of anilines is 1. The molecule has 0 radical (unpaired) electrons. The minimum absolute atomic E-state index is 0.0797. The van der Waals surface area contributed by atoms with Gasteiger partial charge in [-0.05, 0) is 35.4 Å². The van der Waals surface area contributed by atoms with Crippen molar-refractivity contribution in [2.75, 3.05) is 44.3 Å². The molecular formula is C26H30Cl2N2O6. The first-order chi connectivity index (χ1) is 17.3. The summed E-state index contributed by atoms with van der Waals surface area (Å²) < 4.78 is 11.9. The van der Waals surface area contributed by atoms with Gasteiger partial charge in [0, 0.05) is 62.2 Å². The van der Waals surface area contributed by atoms with Crippen LogP contribution in [0.25, 0.3) is 0 Å². The highest BCUT2D eigenvalue weighted by molar-refractivity contribution is 6.32. The number of carbonyl (C=O) groups is 1.